The molecule has 0 aromatic carbocycles. The van der Waals surface area contributed by atoms with E-state index in [4.69, 9.17) is 14.6 Å². The van der Waals surface area contributed by atoms with Crippen molar-refractivity contribution >= 4 is 5.97 Å². The summed E-state index contributed by atoms with van der Waals surface area (Å²) in [5.41, 5.74) is 1.98. The number of nitrogens with zero attached hydrogens (tertiary/aromatic N) is 3. The minimum atomic E-state index is -0.833. The summed E-state index contributed by atoms with van der Waals surface area (Å²) in [5, 5.41) is 17.3. The Balaban J connectivity index is 0.000000552. The lowest BCUT2D eigenvalue weighted by molar-refractivity contribution is -0.134. The van der Waals surface area contributed by atoms with Crippen LogP contribution in [0.15, 0.2) is 30.7 Å². The van der Waals surface area contributed by atoms with Gasteiger partial charge >= 0.3 is 0 Å². The predicted octanol–water partition coefficient (Wildman–Crippen LogP) is 2.39. The Kier molecular flexibility index (Phi) is 7.29. The summed E-state index contributed by atoms with van der Waals surface area (Å²) in [5.74, 6) is 0.0296. The van der Waals surface area contributed by atoms with Gasteiger partial charge in [-0.1, -0.05) is 13.0 Å². The van der Waals surface area contributed by atoms with E-state index in [1.165, 1.54) is 5.56 Å². The molecule has 1 fully saturated rings. The first kappa shape index (κ1) is 20.1. The molecule has 0 saturated carbocycles. The van der Waals surface area contributed by atoms with Crippen LogP contribution in [-0.4, -0.2) is 50.5 Å². The summed E-state index contributed by atoms with van der Waals surface area (Å²) in [4.78, 5) is 18.0. The molecule has 0 aliphatic carbocycles. The first-order valence-electron chi connectivity index (χ1n) is 8.84. The van der Waals surface area contributed by atoms with Gasteiger partial charge in [-0.2, -0.15) is 0 Å². The molecule has 7 nitrogen and oxygen atoms in total. The molecule has 3 heterocycles. The Bertz CT molecular complexity index is 687. The van der Waals surface area contributed by atoms with Crippen molar-refractivity contribution in [3.8, 4) is 11.5 Å². The Hall–Kier alpha value is -2.25. The number of aromatic nitrogens is 3. The number of hydrogen-bond acceptors (Lipinski definition) is 5. The largest absolute Gasteiger partial charge is 0.481 e. The highest BCUT2D eigenvalue weighted by molar-refractivity contribution is 5.62. The van der Waals surface area contributed by atoms with Crippen molar-refractivity contribution in [2.24, 2.45) is 5.41 Å². The molecule has 7 heteroatoms. The molecule has 2 aromatic rings. The number of carboxylic acids is 1. The van der Waals surface area contributed by atoms with Crippen LogP contribution in [0.2, 0.25) is 0 Å². The lowest BCUT2D eigenvalue weighted by atomic mass is 9.81. The SMILES string of the molecule is CC(=O)O.CCc1ccc(-c2nccn2CC2(CO)CCOCC2)nc1. The molecule has 0 bridgehead atoms. The van der Waals surface area contributed by atoms with Crippen LogP contribution in [0.4, 0.5) is 0 Å². The quantitative estimate of drug-likeness (QED) is 0.849. The van der Waals surface area contributed by atoms with Crippen LogP contribution in [-0.2, 0) is 22.5 Å². The van der Waals surface area contributed by atoms with E-state index in [0.717, 1.165) is 44.2 Å². The average Bonchev–Trinajstić information content (AvgIpc) is 3.10. The van der Waals surface area contributed by atoms with Crippen molar-refractivity contribution in [2.45, 2.75) is 39.7 Å². The zero-order valence-corrected chi connectivity index (χ0v) is 15.4. The average molecular weight is 361 g/mol. The van der Waals surface area contributed by atoms with E-state index in [9.17, 15) is 5.11 Å². The van der Waals surface area contributed by atoms with Gasteiger partial charge in [-0.05, 0) is 30.9 Å². The smallest absolute Gasteiger partial charge is 0.300 e. The molecule has 3 rings (SSSR count). The second-order valence-corrected chi connectivity index (χ2v) is 6.57. The van der Waals surface area contributed by atoms with Gasteiger partial charge in [0.15, 0.2) is 5.82 Å². The maximum absolute atomic E-state index is 9.87. The highest BCUT2D eigenvalue weighted by Crippen LogP contribution is 2.33. The van der Waals surface area contributed by atoms with E-state index in [1.807, 2.05) is 18.5 Å². The zero-order chi connectivity index (χ0) is 19.0. The van der Waals surface area contributed by atoms with Crippen molar-refractivity contribution in [2.75, 3.05) is 19.8 Å². The van der Waals surface area contributed by atoms with Gasteiger partial charge in [-0.15, -0.1) is 0 Å². The Morgan fingerprint density at radius 1 is 1.31 bits per heavy atom. The monoisotopic (exact) mass is 361 g/mol. The highest BCUT2D eigenvalue weighted by Gasteiger charge is 2.33. The van der Waals surface area contributed by atoms with Gasteiger partial charge in [0.1, 0.15) is 5.69 Å². The van der Waals surface area contributed by atoms with Crippen LogP contribution >= 0.6 is 0 Å². The molecule has 1 aliphatic heterocycles. The molecule has 0 radical (unpaired) electrons. The van der Waals surface area contributed by atoms with Crippen LogP contribution in [0.5, 0.6) is 0 Å². The molecule has 26 heavy (non-hydrogen) atoms. The normalized spacial score (nSPS) is 15.8. The maximum Gasteiger partial charge on any atom is 0.300 e. The molecule has 1 saturated heterocycles. The lowest BCUT2D eigenvalue weighted by Crippen LogP contribution is -2.37. The predicted molar refractivity (Wildman–Crippen MR) is 97.7 cm³/mol. The van der Waals surface area contributed by atoms with E-state index in [1.54, 1.807) is 6.20 Å². The third-order valence-electron chi connectivity index (χ3n) is 4.57. The second-order valence-electron chi connectivity index (χ2n) is 6.57. The van der Waals surface area contributed by atoms with Gasteiger partial charge in [0.2, 0.25) is 0 Å². The number of carboxylic acid groups (broad SMARTS) is 1. The fourth-order valence-corrected chi connectivity index (χ4v) is 2.97. The van der Waals surface area contributed by atoms with E-state index in [2.05, 4.69) is 27.5 Å². The fourth-order valence-electron chi connectivity index (χ4n) is 2.97. The molecule has 142 valence electrons. The highest BCUT2D eigenvalue weighted by atomic mass is 16.5. The van der Waals surface area contributed by atoms with Crippen molar-refractivity contribution in [1.82, 2.24) is 14.5 Å². The minimum Gasteiger partial charge on any atom is -0.481 e. The van der Waals surface area contributed by atoms with Gasteiger partial charge in [-0.25, -0.2) is 4.98 Å². The molecule has 2 aromatic heterocycles. The molecule has 0 spiro atoms. The van der Waals surface area contributed by atoms with E-state index >= 15 is 0 Å². The molecule has 1 aliphatic rings. The number of imidazole rings is 1. The number of aliphatic hydroxyl groups excluding tert-OH is 1. The number of pyridine rings is 1. The van der Waals surface area contributed by atoms with Crippen LogP contribution < -0.4 is 0 Å². The summed E-state index contributed by atoms with van der Waals surface area (Å²) in [6.07, 6.45) is 8.42. The zero-order valence-electron chi connectivity index (χ0n) is 15.4. The molecule has 2 N–H and O–H groups in total. The number of ether oxygens (including phenoxy) is 1. The molecular formula is C19H27N3O4. The molecular weight excluding hydrogens is 334 g/mol. The third-order valence-corrected chi connectivity index (χ3v) is 4.57. The third kappa shape index (κ3) is 5.37. The van der Waals surface area contributed by atoms with Crippen molar-refractivity contribution in [3.05, 3.63) is 36.3 Å². The van der Waals surface area contributed by atoms with E-state index < -0.39 is 5.97 Å². The van der Waals surface area contributed by atoms with Gasteiger partial charge in [0.05, 0.1) is 6.61 Å². The van der Waals surface area contributed by atoms with Gasteiger partial charge in [0.25, 0.3) is 5.97 Å². The molecule has 0 amide bonds. The van der Waals surface area contributed by atoms with Crippen LogP contribution in [0.3, 0.4) is 0 Å². The summed E-state index contributed by atoms with van der Waals surface area (Å²) >= 11 is 0. The number of rotatable bonds is 5. The lowest BCUT2D eigenvalue weighted by Gasteiger charge is -2.36. The van der Waals surface area contributed by atoms with Gasteiger partial charge in [0, 0.05) is 50.7 Å². The van der Waals surface area contributed by atoms with Gasteiger partial charge < -0.3 is 19.5 Å². The molecule has 0 atom stereocenters. The standard InChI is InChI=1S/C17H23N3O2.C2H4O2/c1-2-14-3-4-15(19-11-14)16-18-7-8-20(16)12-17(13-21)5-9-22-10-6-17;1-2(3)4/h3-4,7-8,11,21H,2,5-6,9-10,12-13H2,1H3;1H3,(H,3,4). The van der Waals surface area contributed by atoms with Crippen molar-refractivity contribution in [3.63, 3.8) is 0 Å². The van der Waals surface area contributed by atoms with Crippen molar-refractivity contribution in [1.29, 1.82) is 0 Å². The summed E-state index contributed by atoms with van der Waals surface area (Å²) < 4.78 is 7.54. The Labute approximate surface area is 153 Å². The first-order chi connectivity index (χ1) is 12.5. The minimum absolute atomic E-state index is 0.114. The second kappa shape index (κ2) is 9.45. The number of hydrogen-bond donors (Lipinski definition) is 2. The van der Waals surface area contributed by atoms with E-state index in [-0.39, 0.29) is 12.0 Å². The number of aliphatic hydroxyl groups is 1. The van der Waals surface area contributed by atoms with Crippen LogP contribution in [0, 0.1) is 5.41 Å². The fraction of sp³-hybridized carbons (Fsp3) is 0.526. The van der Waals surface area contributed by atoms with E-state index in [0.29, 0.717) is 13.2 Å². The maximum atomic E-state index is 9.87. The number of aliphatic carboxylic acids is 1. The number of aryl methyl sites for hydroxylation is 1. The number of carbonyl (C=O) groups is 1. The Morgan fingerprint density at radius 2 is 2.00 bits per heavy atom. The Morgan fingerprint density at radius 3 is 2.54 bits per heavy atom. The van der Waals surface area contributed by atoms with Crippen LogP contribution in [0.25, 0.3) is 11.5 Å². The topological polar surface area (TPSA) is 97.5 Å². The van der Waals surface area contributed by atoms with Crippen LogP contribution in [0.1, 0.15) is 32.3 Å². The molecule has 0 unspecified atom stereocenters. The van der Waals surface area contributed by atoms with Gasteiger partial charge in [-0.3, -0.25) is 9.78 Å². The van der Waals surface area contributed by atoms with Crippen molar-refractivity contribution < 1.29 is 19.7 Å². The first-order valence-corrected chi connectivity index (χ1v) is 8.84. The summed E-state index contributed by atoms with van der Waals surface area (Å²) in [7, 11) is 0. The summed E-state index contributed by atoms with van der Waals surface area (Å²) in [6, 6.07) is 4.12. The summed E-state index contributed by atoms with van der Waals surface area (Å²) in [6.45, 7) is 5.56.